The molecule has 0 spiro atoms. The molecule has 0 amide bonds. The smallest absolute Gasteiger partial charge is 0.104 e. The van der Waals surface area contributed by atoms with Crippen molar-refractivity contribution in [2.75, 3.05) is 27.2 Å². The highest BCUT2D eigenvalue weighted by Crippen LogP contribution is 2.14. The van der Waals surface area contributed by atoms with E-state index in [4.69, 9.17) is 5.73 Å². The van der Waals surface area contributed by atoms with Crippen LogP contribution in [0.4, 0.5) is 0 Å². The molecule has 0 bridgehead atoms. The van der Waals surface area contributed by atoms with Gasteiger partial charge in [0.2, 0.25) is 0 Å². The Kier molecular flexibility index (Phi) is 19.8. The van der Waals surface area contributed by atoms with E-state index in [9.17, 15) is 0 Å². The quantitative estimate of drug-likeness (QED) is 0.208. The summed E-state index contributed by atoms with van der Waals surface area (Å²) in [5.41, 5.74) is 6.31. The van der Waals surface area contributed by atoms with E-state index in [1.807, 2.05) is 6.92 Å². The zero-order valence-electron chi connectivity index (χ0n) is 20.4. The van der Waals surface area contributed by atoms with E-state index in [1.54, 1.807) is 0 Å². The zero-order chi connectivity index (χ0) is 21.6. The van der Waals surface area contributed by atoms with Gasteiger partial charge in [0.25, 0.3) is 0 Å². The lowest BCUT2D eigenvalue weighted by Gasteiger charge is -2.30. The van der Waals surface area contributed by atoms with E-state index in [2.05, 4.69) is 51.4 Å². The molecule has 0 aliphatic carbocycles. The average Bonchev–Trinajstić information content (AvgIpc) is 2.69. The summed E-state index contributed by atoms with van der Waals surface area (Å²) in [4.78, 5) is 0. The SMILES string of the molecule is CCCCCCCCCCCCCCCC[N+](C)(C)Cc1ccccc1.CCN. The summed E-state index contributed by atoms with van der Waals surface area (Å²) in [5, 5.41) is 0. The van der Waals surface area contributed by atoms with Crippen molar-refractivity contribution in [1.82, 2.24) is 0 Å². The van der Waals surface area contributed by atoms with E-state index >= 15 is 0 Å². The van der Waals surface area contributed by atoms with Gasteiger partial charge in [-0.2, -0.15) is 0 Å². The predicted molar refractivity (Wildman–Crippen MR) is 132 cm³/mol. The van der Waals surface area contributed by atoms with Crippen LogP contribution in [0.3, 0.4) is 0 Å². The van der Waals surface area contributed by atoms with Crippen LogP contribution in [-0.2, 0) is 6.54 Å². The molecule has 0 radical (unpaired) electrons. The molecule has 0 aliphatic heterocycles. The first-order valence-corrected chi connectivity index (χ1v) is 12.6. The second kappa shape index (κ2) is 20.4. The summed E-state index contributed by atoms with van der Waals surface area (Å²) in [5.74, 6) is 0. The Balaban J connectivity index is 0.00000245. The predicted octanol–water partition coefficient (Wildman–Crippen LogP) is 7.71. The van der Waals surface area contributed by atoms with E-state index < -0.39 is 0 Å². The van der Waals surface area contributed by atoms with Crippen LogP contribution in [0, 0.1) is 0 Å². The molecule has 0 fully saturated rings. The summed E-state index contributed by atoms with van der Waals surface area (Å²) < 4.78 is 1.11. The number of rotatable bonds is 17. The van der Waals surface area contributed by atoms with Crippen molar-refractivity contribution in [2.24, 2.45) is 5.73 Å². The van der Waals surface area contributed by atoms with Gasteiger partial charge in [0.15, 0.2) is 0 Å². The van der Waals surface area contributed by atoms with Crippen molar-refractivity contribution in [1.29, 1.82) is 0 Å². The minimum atomic E-state index is 0.750. The van der Waals surface area contributed by atoms with Gasteiger partial charge in [0, 0.05) is 5.56 Å². The lowest BCUT2D eigenvalue weighted by Crippen LogP contribution is -2.39. The molecule has 0 aliphatic rings. The molecule has 0 saturated heterocycles. The molecule has 2 heteroatoms. The molecule has 0 atom stereocenters. The maximum Gasteiger partial charge on any atom is 0.104 e. The second-order valence-electron chi connectivity index (χ2n) is 9.31. The molecule has 1 aromatic carbocycles. The average molecular weight is 406 g/mol. The maximum absolute atomic E-state index is 4.85. The summed E-state index contributed by atoms with van der Waals surface area (Å²) in [6, 6.07) is 10.9. The molecule has 0 unspecified atom stereocenters. The molecule has 0 saturated carbocycles. The van der Waals surface area contributed by atoms with Crippen molar-refractivity contribution in [3.8, 4) is 0 Å². The van der Waals surface area contributed by atoms with Gasteiger partial charge in [-0.25, -0.2) is 0 Å². The molecule has 29 heavy (non-hydrogen) atoms. The topological polar surface area (TPSA) is 26.0 Å². The van der Waals surface area contributed by atoms with Gasteiger partial charge in [0.1, 0.15) is 6.54 Å². The first-order chi connectivity index (χ1) is 14.1. The van der Waals surface area contributed by atoms with Gasteiger partial charge in [-0.1, -0.05) is 121 Å². The number of nitrogens with two attached hydrogens (primary N) is 1. The Hall–Kier alpha value is -0.860. The molecule has 2 N–H and O–H groups in total. The number of benzene rings is 1. The van der Waals surface area contributed by atoms with Crippen molar-refractivity contribution < 1.29 is 4.48 Å². The van der Waals surface area contributed by atoms with E-state index in [0.717, 1.165) is 17.6 Å². The van der Waals surface area contributed by atoms with Crippen LogP contribution in [-0.4, -0.2) is 31.7 Å². The fourth-order valence-corrected chi connectivity index (χ4v) is 3.89. The third kappa shape index (κ3) is 20.2. The third-order valence-electron chi connectivity index (χ3n) is 5.57. The number of quaternary nitrogens is 1. The number of hydrogen-bond acceptors (Lipinski definition) is 1. The minimum Gasteiger partial charge on any atom is -0.331 e. The summed E-state index contributed by atoms with van der Waals surface area (Å²) in [6.45, 7) is 7.40. The summed E-state index contributed by atoms with van der Waals surface area (Å²) >= 11 is 0. The lowest BCUT2D eigenvalue weighted by molar-refractivity contribution is -0.903. The standard InChI is InChI=1S/C25H46N.C2H7N/c1-4-5-6-7-8-9-10-11-12-13-14-15-16-20-23-26(2,3)24-25-21-18-17-19-22-25;1-2-3/h17-19,21-22H,4-16,20,23-24H2,1-3H3;2-3H2,1H3/q+1;. The first kappa shape index (κ1) is 28.1. The van der Waals surface area contributed by atoms with Crippen LogP contribution in [0.15, 0.2) is 30.3 Å². The number of hydrogen-bond donors (Lipinski definition) is 1. The van der Waals surface area contributed by atoms with Gasteiger partial charge in [0.05, 0.1) is 20.6 Å². The highest BCUT2D eigenvalue weighted by Gasteiger charge is 2.14. The Labute approximate surface area is 183 Å². The maximum atomic E-state index is 4.85. The van der Waals surface area contributed by atoms with Gasteiger partial charge in [-0.3, -0.25) is 0 Å². The van der Waals surface area contributed by atoms with E-state index in [-0.39, 0.29) is 0 Å². The van der Waals surface area contributed by atoms with E-state index in [0.29, 0.717) is 0 Å². The van der Waals surface area contributed by atoms with Crippen LogP contribution in [0.1, 0.15) is 109 Å². The first-order valence-electron chi connectivity index (χ1n) is 12.6. The largest absolute Gasteiger partial charge is 0.331 e. The number of nitrogens with zero attached hydrogens (tertiary/aromatic N) is 1. The van der Waals surface area contributed by atoms with Crippen LogP contribution >= 0.6 is 0 Å². The van der Waals surface area contributed by atoms with Gasteiger partial charge in [-0.15, -0.1) is 0 Å². The molecule has 170 valence electrons. The van der Waals surface area contributed by atoms with Crippen molar-refractivity contribution in [3.63, 3.8) is 0 Å². The monoisotopic (exact) mass is 405 g/mol. The Morgan fingerprint density at radius 1 is 0.621 bits per heavy atom. The van der Waals surface area contributed by atoms with Crippen LogP contribution in [0.5, 0.6) is 0 Å². The molecule has 2 nitrogen and oxygen atoms in total. The Morgan fingerprint density at radius 3 is 1.41 bits per heavy atom. The summed E-state index contributed by atoms with van der Waals surface area (Å²) in [6.07, 6.45) is 20.2. The van der Waals surface area contributed by atoms with Crippen LogP contribution in [0.25, 0.3) is 0 Å². The van der Waals surface area contributed by atoms with Gasteiger partial charge in [-0.05, 0) is 19.4 Å². The van der Waals surface area contributed by atoms with E-state index in [1.165, 1.54) is 102 Å². The molecule has 1 aromatic rings. The molecule has 0 aromatic heterocycles. The zero-order valence-corrected chi connectivity index (χ0v) is 20.4. The highest BCUT2D eigenvalue weighted by molar-refractivity contribution is 5.13. The van der Waals surface area contributed by atoms with Crippen molar-refractivity contribution in [2.45, 2.75) is 110 Å². The third-order valence-corrected chi connectivity index (χ3v) is 5.57. The fourth-order valence-electron chi connectivity index (χ4n) is 3.89. The lowest BCUT2D eigenvalue weighted by atomic mass is 10.0. The summed E-state index contributed by atoms with van der Waals surface area (Å²) in [7, 11) is 4.74. The van der Waals surface area contributed by atoms with Crippen molar-refractivity contribution in [3.05, 3.63) is 35.9 Å². The van der Waals surface area contributed by atoms with Crippen molar-refractivity contribution >= 4 is 0 Å². The molecule has 0 heterocycles. The van der Waals surface area contributed by atoms with Gasteiger partial charge >= 0.3 is 0 Å². The second-order valence-corrected chi connectivity index (χ2v) is 9.31. The van der Waals surface area contributed by atoms with Crippen LogP contribution in [0.2, 0.25) is 0 Å². The molecule has 1 rings (SSSR count). The van der Waals surface area contributed by atoms with Crippen LogP contribution < -0.4 is 5.73 Å². The fraction of sp³-hybridized carbons (Fsp3) is 0.778. The molecular formula is C27H53N2+. The van der Waals surface area contributed by atoms with Gasteiger partial charge < -0.3 is 10.2 Å². The highest BCUT2D eigenvalue weighted by atomic mass is 15.3. The number of unbranched alkanes of at least 4 members (excludes halogenated alkanes) is 13. The molecular weight excluding hydrogens is 352 g/mol. The normalized spacial score (nSPS) is 11.2. The Bertz CT molecular complexity index is 427. The Morgan fingerprint density at radius 2 is 1.00 bits per heavy atom. The minimum absolute atomic E-state index is 0.750.